The van der Waals surface area contributed by atoms with Gasteiger partial charge >= 0.3 is 5.97 Å². The first-order valence-electron chi connectivity index (χ1n) is 7.94. The first kappa shape index (κ1) is 16.4. The number of carbonyl (C=O) groups excluding carboxylic acids is 1. The van der Waals surface area contributed by atoms with Crippen LogP contribution in [0.3, 0.4) is 0 Å². The molecule has 0 amide bonds. The molecular weight excluding hydrogens is 354 g/mol. The molecule has 0 aliphatic heterocycles. The number of rotatable bonds is 4. The lowest BCUT2D eigenvalue weighted by atomic mass is 10.2. The summed E-state index contributed by atoms with van der Waals surface area (Å²) in [4.78, 5) is 16.8. The number of esters is 1. The standard InChI is InChI=1S/C19H14ClN3O3/c1-12-18(23-9-3-2-4-17(23)21-12)19(24)25-11-15-10-16(26-22-15)13-5-7-14(20)8-6-13/h2-10H,11H2,1H3. The van der Waals surface area contributed by atoms with Crippen molar-refractivity contribution >= 4 is 23.2 Å². The van der Waals surface area contributed by atoms with Crippen molar-refractivity contribution in [1.29, 1.82) is 0 Å². The molecule has 3 aromatic heterocycles. The van der Waals surface area contributed by atoms with E-state index in [0.717, 1.165) is 5.56 Å². The maximum atomic E-state index is 12.5. The third kappa shape index (κ3) is 3.07. The maximum Gasteiger partial charge on any atom is 0.357 e. The van der Waals surface area contributed by atoms with Crippen molar-refractivity contribution in [3.8, 4) is 11.3 Å². The van der Waals surface area contributed by atoms with Gasteiger partial charge in [-0.15, -0.1) is 0 Å². The second kappa shape index (κ2) is 6.65. The Hall–Kier alpha value is -3.12. The topological polar surface area (TPSA) is 69.6 Å². The number of pyridine rings is 1. The number of nitrogens with zero attached hydrogens (tertiary/aromatic N) is 3. The molecule has 0 N–H and O–H groups in total. The van der Waals surface area contributed by atoms with Crippen LogP contribution in [0.2, 0.25) is 5.02 Å². The summed E-state index contributed by atoms with van der Waals surface area (Å²) in [6.45, 7) is 1.79. The van der Waals surface area contributed by atoms with Crippen LogP contribution in [0, 0.1) is 6.92 Å². The maximum absolute atomic E-state index is 12.5. The molecule has 0 saturated carbocycles. The zero-order chi connectivity index (χ0) is 18.1. The Kier molecular flexibility index (Phi) is 4.18. The highest BCUT2D eigenvalue weighted by atomic mass is 35.5. The van der Waals surface area contributed by atoms with Crippen LogP contribution in [0.5, 0.6) is 0 Å². The molecule has 0 atom stereocenters. The van der Waals surface area contributed by atoms with E-state index in [1.807, 2.05) is 30.3 Å². The van der Waals surface area contributed by atoms with E-state index in [4.69, 9.17) is 20.9 Å². The Bertz CT molecular complexity index is 1080. The van der Waals surface area contributed by atoms with Crippen LogP contribution in [0.25, 0.3) is 17.0 Å². The fraction of sp³-hybridized carbons (Fsp3) is 0.105. The first-order chi connectivity index (χ1) is 12.6. The van der Waals surface area contributed by atoms with Gasteiger partial charge in [-0.05, 0) is 43.3 Å². The van der Waals surface area contributed by atoms with Crippen LogP contribution in [-0.2, 0) is 11.3 Å². The number of aromatic nitrogens is 3. The first-order valence-corrected chi connectivity index (χ1v) is 8.32. The van der Waals surface area contributed by atoms with Gasteiger partial charge in [0.1, 0.15) is 17.9 Å². The van der Waals surface area contributed by atoms with Gasteiger partial charge in [0.05, 0.1) is 5.69 Å². The molecule has 130 valence electrons. The van der Waals surface area contributed by atoms with E-state index < -0.39 is 5.97 Å². The van der Waals surface area contributed by atoms with Crippen molar-refractivity contribution in [3.05, 3.63) is 76.8 Å². The Balaban J connectivity index is 1.50. The quantitative estimate of drug-likeness (QED) is 0.503. The molecule has 26 heavy (non-hydrogen) atoms. The highest BCUT2D eigenvalue weighted by molar-refractivity contribution is 6.30. The molecule has 4 aromatic rings. The van der Waals surface area contributed by atoms with Crippen LogP contribution in [0.15, 0.2) is 59.3 Å². The van der Waals surface area contributed by atoms with Gasteiger partial charge in [-0.2, -0.15) is 0 Å². The molecule has 3 heterocycles. The van der Waals surface area contributed by atoms with E-state index in [-0.39, 0.29) is 6.61 Å². The third-order valence-electron chi connectivity index (χ3n) is 3.94. The van der Waals surface area contributed by atoms with Gasteiger partial charge in [0.25, 0.3) is 0 Å². The molecule has 0 fully saturated rings. The predicted molar refractivity (Wildman–Crippen MR) is 96.0 cm³/mol. The van der Waals surface area contributed by atoms with Crippen LogP contribution < -0.4 is 0 Å². The summed E-state index contributed by atoms with van der Waals surface area (Å²) < 4.78 is 12.4. The number of carbonyl (C=O) groups is 1. The van der Waals surface area contributed by atoms with Crippen molar-refractivity contribution in [3.63, 3.8) is 0 Å². The van der Waals surface area contributed by atoms with Crippen LogP contribution in [0.4, 0.5) is 0 Å². The second-order valence-electron chi connectivity index (χ2n) is 5.74. The molecule has 0 unspecified atom stereocenters. The van der Waals surface area contributed by atoms with Gasteiger partial charge in [-0.1, -0.05) is 22.8 Å². The molecule has 0 spiro atoms. The predicted octanol–water partition coefficient (Wildman–Crippen LogP) is 4.31. The number of halogens is 1. The van der Waals surface area contributed by atoms with Gasteiger partial charge in [0, 0.05) is 22.8 Å². The van der Waals surface area contributed by atoms with Crippen LogP contribution in [0.1, 0.15) is 21.9 Å². The fourth-order valence-corrected chi connectivity index (χ4v) is 2.82. The summed E-state index contributed by atoms with van der Waals surface area (Å²) in [7, 11) is 0. The monoisotopic (exact) mass is 367 g/mol. The SMILES string of the molecule is Cc1nc2ccccn2c1C(=O)OCc1cc(-c2ccc(Cl)cc2)on1. The highest BCUT2D eigenvalue weighted by Crippen LogP contribution is 2.23. The summed E-state index contributed by atoms with van der Waals surface area (Å²) in [5, 5.41) is 4.59. The largest absolute Gasteiger partial charge is 0.454 e. The molecular formula is C19H14ClN3O3. The molecule has 0 aliphatic carbocycles. The van der Waals surface area contributed by atoms with Gasteiger partial charge < -0.3 is 9.26 Å². The molecule has 0 radical (unpaired) electrons. The minimum atomic E-state index is -0.461. The highest BCUT2D eigenvalue weighted by Gasteiger charge is 2.18. The van der Waals surface area contributed by atoms with Crippen LogP contribution in [-0.4, -0.2) is 20.5 Å². The summed E-state index contributed by atoms with van der Waals surface area (Å²) in [5.41, 5.74) is 3.08. The Morgan fingerprint density at radius 3 is 2.85 bits per heavy atom. The number of aryl methyl sites for hydroxylation is 1. The van der Waals surface area contributed by atoms with E-state index >= 15 is 0 Å². The Morgan fingerprint density at radius 1 is 1.23 bits per heavy atom. The molecule has 0 saturated heterocycles. The zero-order valence-electron chi connectivity index (χ0n) is 13.8. The molecule has 0 aliphatic rings. The number of hydrogen-bond acceptors (Lipinski definition) is 5. The normalized spacial score (nSPS) is 11.0. The number of ether oxygens (including phenoxy) is 1. The lowest BCUT2D eigenvalue weighted by Gasteiger charge is -2.03. The van der Waals surface area contributed by atoms with Crippen molar-refractivity contribution in [2.75, 3.05) is 0 Å². The lowest BCUT2D eigenvalue weighted by Crippen LogP contribution is -2.09. The Labute approximate surface area is 154 Å². The molecule has 1 aromatic carbocycles. The summed E-state index contributed by atoms with van der Waals surface area (Å²) in [6, 6.07) is 14.5. The summed E-state index contributed by atoms with van der Waals surface area (Å²) in [6.07, 6.45) is 1.78. The van der Waals surface area contributed by atoms with Crippen molar-refractivity contribution in [2.45, 2.75) is 13.5 Å². The number of hydrogen-bond donors (Lipinski definition) is 0. The Morgan fingerprint density at radius 2 is 2.04 bits per heavy atom. The van der Waals surface area contributed by atoms with E-state index in [9.17, 15) is 4.79 Å². The lowest BCUT2D eigenvalue weighted by molar-refractivity contribution is 0.0455. The molecule has 0 bridgehead atoms. The smallest absolute Gasteiger partial charge is 0.357 e. The van der Waals surface area contributed by atoms with E-state index in [2.05, 4.69) is 10.1 Å². The minimum absolute atomic E-state index is 0.00936. The van der Waals surface area contributed by atoms with Gasteiger partial charge in [0.2, 0.25) is 0 Å². The molecule has 6 nitrogen and oxygen atoms in total. The van der Waals surface area contributed by atoms with E-state index in [0.29, 0.717) is 33.5 Å². The van der Waals surface area contributed by atoms with Gasteiger partial charge in [-0.25, -0.2) is 9.78 Å². The van der Waals surface area contributed by atoms with Crippen molar-refractivity contribution in [1.82, 2.24) is 14.5 Å². The zero-order valence-corrected chi connectivity index (χ0v) is 14.6. The number of imidazole rings is 1. The average Bonchev–Trinajstić information content (AvgIpc) is 3.24. The average molecular weight is 368 g/mol. The van der Waals surface area contributed by atoms with E-state index in [1.165, 1.54) is 0 Å². The minimum Gasteiger partial charge on any atom is -0.454 e. The van der Waals surface area contributed by atoms with E-state index in [1.54, 1.807) is 35.7 Å². The third-order valence-corrected chi connectivity index (χ3v) is 4.19. The fourth-order valence-electron chi connectivity index (χ4n) is 2.70. The number of benzene rings is 1. The van der Waals surface area contributed by atoms with Crippen LogP contribution >= 0.6 is 11.6 Å². The molecule has 4 rings (SSSR count). The number of fused-ring (bicyclic) bond motifs is 1. The summed E-state index contributed by atoms with van der Waals surface area (Å²) in [5.74, 6) is 0.121. The second-order valence-corrected chi connectivity index (χ2v) is 6.18. The van der Waals surface area contributed by atoms with Gasteiger partial charge in [-0.3, -0.25) is 4.40 Å². The van der Waals surface area contributed by atoms with Gasteiger partial charge in [0.15, 0.2) is 11.5 Å². The molecule has 7 heteroatoms. The van der Waals surface area contributed by atoms with Crippen molar-refractivity contribution in [2.24, 2.45) is 0 Å². The summed E-state index contributed by atoms with van der Waals surface area (Å²) >= 11 is 5.88. The van der Waals surface area contributed by atoms with Crippen molar-refractivity contribution < 1.29 is 14.1 Å².